The number of guanidine groups is 1. The van der Waals surface area contributed by atoms with Crippen LogP contribution in [0, 0.1) is 5.92 Å². The molecule has 0 atom stereocenters. The van der Waals surface area contributed by atoms with Gasteiger partial charge < -0.3 is 15.1 Å². The number of hydrogen-bond acceptors (Lipinski definition) is 4. The standard InChI is InChI=1S/C17H26N6O/c1-18-17(19-10-4-8-13-6-2-3-7-13)20-12-15-21-16(23-22-15)14-9-5-11-24-14/h5,9,11,13H,2-4,6-8,10,12H2,1H3,(H2,18,19,20)(H,21,22,23). The number of rotatable bonds is 7. The van der Waals surface area contributed by atoms with Gasteiger partial charge in [-0.15, -0.1) is 5.10 Å². The zero-order valence-corrected chi connectivity index (χ0v) is 14.2. The first kappa shape index (κ1) is 16.5. The lowest BCUT2D eigenvalue weighted by Gasteiger charge is -2.12. The predicted octanol–water partition coefficient (Wildman–Crippen LogP) is 2.70. The largest absolute Gasteiger partial charge is 0.461 e. The van der Waals surface area contributed by atoms with Crippen LogP contribution in [0.1, 0.15) is 44.3 Å². The lowest BCUT2D eigenvalue weighted by molar-refractivity contribution is 0.481. The van der Waals surface area contributed by atoms with E-state index in [1.54, 1.807) is 13.3 Å². The van der Waals surface area contributed by atoms with Gasteiger partial charge in [-0.2, -0.15) is 0 Å². The molecular weight excluding hydrogens is 304 g/mol. The third kappa shape index (κ3) is 4.59. The summed E-state index contributed by atoms with van der Waals surface area (Å²) in [5.74, 6) is 3.70. The summed E-state index contributed by atoms with van der Waals surface area (Å²) in [6.07, 6.45) is 9.78. The number of aromatic nitrogens is 3. The van der Waals surface area contributed by atoms with E-state index in [2.05, 4.69) is 30.8 Å². The van der Waals surface area contributed by atoms with Crippen LogP contribution < -0.4 is 10.6 Å². The molecule has 1 aliphatic rings. The monoisotopic (exact) mass is 330 g/mol. The Morgan fingerprint density at radius 3 is 3.00 bits per heavy atom. The van der Waals surface area contributed by atoms with Gasteiger partial charge in [0.25, 0.3) is 0 Å². The number of nitrogens with zero attached hydrogens (tertiary/aromatic N) is 3. The molecule has 3 rings (SSSR count). The minimum absolute atomic E-state index is 0.538. The van der Waals surface area contributed by atoms with Gasteiger partial charge in [-0.05, 0) is 30.9 Å². The number of H-pyrrole nitrogens is 1. The summed E-state index contributed by atoms with van der Waals surface area (Å²) in [4.78, 5) is 8.65. The minimum Gasteiger partial charge on any atom is -0.461 e. The van der Waals surface area contributed by atoms with E-state index in [4.69, 9.17) is 4.42 Å². The van der Waals surface area contributed by atoms with Gasteiger partial charge in [-0.25, -0.2) is 4.98 Å². The summed E-state index contributed by atoms with van der Waals surface area (Å²) >= 11 is 0. The highest BCUT2D eigenvalue weighted by molar-refractivity contribution is 5.79. The molecule has 2 heterocycles. The highest BCUT2D eigenvalue weighted by Crippen LogP contribution is 2.28. The van der Waals surface area contributed by atoms with Crippen molar-refractivity contribution in [3.05, 3.63) is 24.2 Å². The zero-order valence-electron chi connectivity index (χ0n) is 14.2. The molecule has 0 radical (unpaired) electrons. The van der Waals surface area contributed by atoms with Gasteiger partial charge in [-0.3, -0.25) is 10.1 Å². The van der Waals surface area contributed by atoms with Crippen LogP contribution in [0.3, 0.4) is 0 Å². The van der Waals surface area contributed by atoms with Crippen LogP contribution >= 0.6 is 0 Å². The van der Waals surface area contributed by atoms with E-state index < -0.39 is 0 Å². The normalized spacial score (nSPS) is 15.8. The number of nitrogens with one attached hydrogen (secondary N) is 3. The summed E-state index contributed by atoms with van der Waals surface area (Å²) in [7, 11) is 1.78. The minimum atomic E-state index is 0.538. The summed E-state index contributed by atoms with van der Waals surface area (Å²) in [6.45, 7) is 1.49. The van der Waals surface area contributed by atoms with Crippen LogP contribution in [-0.4, -0.2) is 34.7 Å². The van der Waals surface area contributed by atoms with Gasteiger partial charge in [0.05, 0.1) is 12.8 Å². The van der Waals surface area contributed by atoms with Crippen LogP contribution in [0.25, 0.3) is 11.6 Å². The van der Waals surface area contributed by atoms with Gasteiger partial charge in [0.2, 0.25) is 5.82 Å². The average molecular weight is 330 g/mol. The zero-order chi connectivity index (χ0) is 16.6. The summed E-state index contributed by atoms with van der Waals surface area (Å²) in [5.41, 5.74) is 0. The topological polar surface area (TPSA) is 91.1 Å². The second-order valence-corrected chi connectivity index (χ2v) is 6.23. The van der Waals surface area contributed by atoms with Gasteiger partial charge in [-0.1, -0.05) is 25.7 Å². The second kappa shape index (κ2) is 8.52. The van der Waals surface area contributed by atoms with Crippen molar-refractivity contribution in [3.8, 4) is 11.6 Å². The lowest BCUT2D eigenvalue weighted by Crippen LogP contribution is -2.37. The van der Waals surface area contributed by atoms with E-state index in [9.17, 15) is 0 Å². The van der Waals surface area contributed by atoms with Gasteiger partial charge >= 0.3 is 0 Å². The Labute approximate surface area is 142 Å². The first-order valence-corrected chi connectivity index (χ1v) is 8.75. The summed E-state index contributed by atoms with van der Waals surface area (Å²) < 4.78 is 5.29. The Bertz CT molecular complexity index is 627. The van der Waals surface area contributed by atoms with Crippen molar-refractivity contribution >= 4 is 5.96 Å². The SMILES string of the molecule is CN=C(NCCCC1CCCC1)NCc1nc(-c2ccco2)n[nH]1. The van der Waals surface area contributed by atoms with Crippen molar-refractivity contribution in [2.75, 3.05) is 13.6 Å². The fourth-order valence-corrected chi connectivity index (χ4v) is 3.17. The maximum atomic E-state index is 5.29. The van der Waals surface area contributed by atoms with Crippen LogP contribution in [-0.2, 0) is 6.54 Å². The third-order valence-corrected chi connectivity index (χ3v) is 4.48. The van der Waals surface area contributed by atoms with Crippen LogP contribution in [0.15, 0.2) is 27.8 Å². The van der Waals surface area contributed by atoms with Crippen LogP contribution in [0.2, 0.25) is 0 Å². The second-order valence-electron chi connectivity index (χ2n) is 6.23. The summed E-state index contributed by atoms with van der Waals surface area (Å²) in [5, 5.41) is 13.7. The molecular formula is C17H26N6O. The first-order chi connectivity index (χ1) is 11.8. The number of aliphatic imine (C=N–C) groups is 1. The number of furan rings is 1. The molecule has 2 aromatic rings. The molecule has 2 aromatic heterocycles. The van der Waals surface area contributed by atoms with Crippen molar-refractivity contribution < 1.29 is 4.42 Å². The van der Waals surface area contributed by atoms with Gasteiger partial charge in [0.15, 0.2) is 11.7 Å². The fourth-order valence-electron chi connectivity index (χ4n) is 3.17. The predicted molar refractivity (Wildman–Crippen MR) is 93.5 cm³/mol. The third-order valence-electron chi connectivity index (χ3n) is 4.48. The van der Waals surface area contributed by atoms with E-state index >= 15 is 0 Å². The molecule has 7 nitrogen and oxygen atoms in total. The van der Waals surface area contributed by atoms with Crippen LogP contribution in [0.4, 0.5) is 0 Å². The quantitative estimate of drug-likeness (QED) is 0.412. The van der Waals surface area contributed by atoms with Crippen molar-refractivity contribution in [2.24, 2.45) is 10.9 Å². The molecule has 7 heteroatoms. The Morgan fingerprint density at radius 1 is 1.38 bits per heavy atom. The van der Waals surface area contributed by atoms with Gasteiger partial charge in [0, 0.05) is 13.6 Å². The Balaban J connectivity index is 1.38. The molecule has 1 saturated carbocycles. The summed E-state index contributed by atoms with van der Waals surface area (Å²) in [6, 6.07) is 3.66. The van der Waals surface area contributed by atoms with E-state index in [0.717, 1.165) is 24.2 Å². The highest BCUT2D eigenvalue weighted by Gasteiger charge is 2.14. The van der Waals surface area contributed by atoms with E-state index in [1.807, 2.05) is 12.1 Å². The first-order valence-electron chi connectivity index (χ1n) is 8.75. The number of aromatic amines is 1. The lowest BCUT2D eigenvalue weighted by atomic mass is 10.0. The van der Waals surface area contributed by atoms with Crippen molar-refractivity contribution in [3.63, 3.8) is 0 Å². The van der Waals surface area contributed by atoms with Gasteiger partial charge in [0.1, 0.15) is 5.82 Å². The van der Waals surface area contributed by atoms with E-state index in [-0.39, 0.29) is 0 Å². The van der Waals surface area contributed by atoms with Crippen LogP contribution in [0.5, 0.6) is 0 Å². The molecule has 1 fully saturated rings. The molecule has 0 aliphatic heterocycles. The highest BCUT2D eigenvalue weighted by atomic mass is 16.3. The molecule has 1 aliphatic carbocycles. The molecule has 0 aromatic carbocycles. The van der Waals surface area contributed by atoms with E-state index in [0.29, 0.717) is 18.1 Å². The maximum absolute atomic E-state index is 5.29. The molecule has 3 N–H and O–H groups in total. The molecule has 0 amide bonds. The Kier molecular flexibility index (Phi) is 5.87. The smallest absolute Gasteiger partial charge is 0.216 e. The molecule has 0 bridgehead atoms. The molecule has 24 heavy (non-hydrogen) atoms. The molecule has 0 unspecified atom stereocenters. The fraction of sp³-hybridized carbons (Fsp3) is 0.588. The average Bonchev–Trinajstić information content (AvgIpc) is 3.35. The molecule has 0 spiro atoms. The Morgan fingerprint density at radius 2 is 2.25 bits per heavy atom. The van der Waals surface area contributed by atoms with Crippen molar-refractivity contribution in [2.45, 2.75) is 45.1 Å². The molecule has 0 saturated heterocycles. The molecule has 130 valence electrons. The van der Waals surface area contributed by atoms with Crippen molar-refractivity contribution in [1.29, 1.82) is 0 Å². The van der Waals surface area contributed by atoms with Crippen molar-refractivity contribution in [1.82, 2.24) is 25.8 Å². The Hall–Kier alpha value is -2.31. The van der Waals surface area contributed by atoms with E-state index in [1.165, 1.54) is 38.5 Å². The maximum Gasteiger partial charge on any atom is 0.216 e. The number of hydrogen-bond donors (Lipinski definition) is 3.